The maximum absolute atomic E-state index is 12.6. The molecule has 1 aliphatic rings. The van der Waals surface area contributed by atoms with E-state index in [1.807, 2.05) is 30.3 Å². The molecule has 0 unspecified atom stereocenters. The van der Waals surface area contributed by atoms with Crippen LogP contribution in [0.3, 0.4) is 0 Å². The number of fused-ring (bicyclic) bond motifs is 1. The van der Waals surface area contributed by atoms with Gasteiger partial charge in [-0.25, -0.2) is 0 Å². The molecule has 128 valence electrons. The van der Waals surface area contributed by atoms with Crippen molar-refractivity contribution < 1.29 is 9.53 Å². The average molecular weight is 326 g/mol. The molecule has 3 rings (SSSR count). The Morgan fingerprint density at radius 2 is 2.12 bits per heavy atom. The molecule has 1 N–H and O–H groups in total. The predicted molar refractivity (Wildman–Crippen MR) is 96.3 cm³/mol. The first kappa shape index (κ1) is 16.9. The van der Waals surface area contributed by atoms with Gasteiger partial charge in [0, 0.05) is 36.8 Å². The lowest BCUT2D eigenvalue weighted by molar-refractivity contribution is 0.0926. The Morgan fingerprint density at radius 1 is 1.33 bits per heavy atom. The summed E-state index contributed by atoms with van der Waals surface area (Å²) in [5, 5.41) is 3.95. The standard InChI is InChI=1S/C20H26N2O2/c1-14(2)13-24-11-5-10-21-20(23)17-12-19(15-8-9-15)22-18-7-4-3-6-16(17)18/h3-4,6-7,12,14-15H,5,8-11,13H2,1-2H3,(H,21,23). The maximum Gasteiger partial charge on any atom is 0.252 e. The Labute approximate surface area is 143 Å². The number of carbonyl (C=O) groups excluding carboxylic acids is 1. The fraction of sp³-hybridized carbons (Fsp3) is 0.500. The zero-order valence-electron chi connectivity index (χ0n) is 14.5. The molecule has 0 saturated heterocycles. The Balaban J connectivity index is 1.63. The summed E-state index contributed by atoms with van der Waals surface area (Å²) in [6.07, 6.45) is 3.19. The zero-order valence-corrected chi connectivity index (χ0v) is 14.5. The van der Waals surface area contributed by atoms with E-state index in [1.165, 1.54) is 12.8 Å². The number of aromatic nitrogens is 1. The SMILES string of the molecule is CC(C)COCCCNC(=O)c1cc(C2CC2)nc2ccccc12. The van der Waals surface area contributed by atoms with Crippen molar-refractivity contribution in [3.05, 3.63) is 41.6 Å². The summed E-state index contributed by atoms with van der Waals surface area (Å²) in [6.45, 7) is 6.35. The molecule has 24 heavy (non-hydrogen) atoms. The number of benzene rings is 1. The molecule has 2 aromatic rings. The largest absolute Gasteiger partial charge is 0.381 e. The van der Waals surface area contributed by atoms with E-state index in [9.17, 15) is 4.79 Å². The molecule has 0 spiro atoms. The van der Waals surface area contributed by atoms with Gasteiger partial charge in [-0.3, -0.25) is 9.78 Å². The van der Waals surface area contributed by atoms with Crippen LogP contribution in [0.2, 0.25) is 0 Å². The number of pyridine rings is 1. The molecule has 1 amide bonds. The van der Waals surface area contributed by atoms with Gasteiger partial charge in [-0.15, -0.1) is 0 Å². The van der Waals surface area contributed by atoms with Gasteiger partial charge in [0.1, 0.15) is 0 Å². The Hall–Kier alpha value is -1.94. The van der Waals surface area contributed by atoms with Gasteiger partial charge in [-0.05, 0) is 37.3 Å². The molecule has 0 bridgehead atoms. The summed E-state index contributed by atoms with van der Waals surface area (Å²) < 4.78 is 5.55. The quantitative estimate of drug-likeness (QED) is 0.748. The molecule has 4 heteroatoms. The smallest absolute Gasteiger partial charge is 0.252 e. The highest BCUT2D eigenvalue weighted by Gasteiger charge is 2.26. The second-order valence-corrected chi connectivity index (χ2v) is 6.96. The van der Waals surface area contributed by atoms with E-state index in [2.05, 4.69) is 19.2 Å². The molecule has 1 heterocycles. The molecule has 0 atom stereocenters. The van der Waals surface area contributed by atoms with Crippen molar-refractivity contribution in [2.24, 2.45) is 5.92 Å². The number of carbonyl (C=O) groups is 1. The van der Waals surface area contributed by atoms with E-state index < -0.39 is 0 Å². The minimum absolute atomic E-state index is 0.0145. The number of nitrogens with one attached hydrogen (secondary N) is 1. The van der Waals surface area contributed by atoms with E-state index in [0.717, 1.165) is 35.2 Å². The van der Waals surface area contributed by atoms with Crippen molar-refractivity contribution in [3.63, 3.8) is 0 Å². The number of hydrogen-bond acceptors (Lipinski definition) is 3. The van der Waals surface area contributed by atoms with Crippen LogP contribution in [-0.4, -0.2) is 30.6 Å². The maximum atomic E-state index is 12.6. The second-order valence-electron chi connectivity index (χ2n) is 6.96. The van der Waals surface area contributed by atoms with E-state index in [-0.39, 0.29) is 5.91 Å². The first-order valence-corrected chi connectivity index (χ1v) is 8.91. The minimum atomic E-state index is -0.0145. The number of ether oxygens (including phenoxy) is 1. The van der Waals surface area contributed by atoms with Crippen LogP contribution in [-0.2, 0) is 4.74 Å². The van der Waals surface area contributed by atoms with Gasteiger partial charge >= 0.3 is 0 Å². The second kappa shape index (κ2) is 7.75. The van der Waals surface area contributed by atoms with Crippen LogP contribution in [0.1, 0.15) is 55.1 Å². The third-order valence-corrected chi connectivity index (χ3v) is 4.18. The Morgan fingerprint density at radius 3 is 2.88 bits per heavy atom. The van der Waals surface area contributed by atoms with Gasteiger partial charge in [-0.2, -0.15) is 0 Å². The van der Waals surface area contributed by atoms with Crippen molar-refractivity contribution in [2.45, 2.75) is 39.0 Å². The highest BCUT2D eigenvalue weighted by Crippen LogP contribution is 2.40. The number of rotatable bonds is 8. The molecule has 0 radical (unpaired) electrons. The van der Waals surface area contributed by atoms with Crippen LogP contribution in [0.25, 0.3) is 10.9 Å². The molecule has 1 fully saturated rings. The summed E-state index contributed by atoms with van der Waals surface area (Å²) in [4.78, 5) is 17.3. The van der Waals surface area contributed by atoms with Crippen LogP contribution < -0.4 is 5.32 Å². The molecule has 4 nitrogen and oxygen atoms in total. The normalized spacial score (nSPS) is 14.3. The number of hydrogen-bond donors (Lipinski definition) is 1. The summed E-state index contributed by atoms with van der Waals surface area (Å²) in [7, 11) is 0. The van der Waals surface area contributed by atoms with E-state index in [0.29, 0.717) is 25.0 Å². The van der Waals surface area contributed by atoms with E-state index >= 15 is 0 Å². The van der Waals surface area contributed by atoms with Gasteiger partial charge in [0.25, 0.3) is 5.91 Å². The van der Waals surface area contributed by atoms with Crippen molar-refractivity contribution >= 4 is 16.8 Å². The van der Waals surface area contributed by atoms with Gasteiger partial charge in [0.15, 0.2) is 0 Å². The monoisotopic (exact) mass is 326 g/mol. The van der Waals surface area contributed by atoms with E-state index in [4.69, 9.17) is 9.72 Å². The molecule has 1 aromatic heterocycles. The zero-order chi connectivity index (χ0) is 16.9. The summed E-state index contributed by atoms with van der Waals surface area (Å²) in [5.41, 5.74) is 2.71. The van der Waals surface area contributed by atoms with Crippen molar-refractivity contribution in [1.29, 1.82) is 0 Å². The van der Waals surface area contributed by atoms with Crippen molar-refractivity contribution in [2.75, 3.05) is 19.8 Å². The van der Waals surface area contributed by atoms with Crippen LogP contribution >= 0.6 is 0 Å². The van der Waals surface area contributed by atoms with Gasteiger partial charge in [-0.1, -0.05) is 32.0 Å². The average Bonchev–Trinajstić information content (AvgIpc) is 3.41. The topological polar surface area (TPSA) is 51.2 Å². The summed E-state index contributed by atoms with van der Waals surface area (Å²) >= 11 is 0. The van der Waals surface area contributed by atoms with Gasteiger partial charge in [0.2, 0.25) is 0 Å². The third kappa shape index (κ3) is 4.32. The third-order valence-electron chi connectivity index (χ3n) is 4.18. The number of amides is 1. The van der Waals surface area contributed by atoms with Gasteiger partial charge < -0.3 is 10.1 Å². The summed E-state index contributed by atoms with van der Waals surface area (Å²) in [5.74, 6) is 1.06. The highest BCUT2D eigenvalue weighted by atomic mass is 16.5. The van der Waals surface area contributed by atoms with Crippen LogP contribution in [0.5, 0.6) is 0 Å². The lowest BCUT2D eigenvalue weighted by atomic mass is 10.1. The van der Waals surface area contributed by atoms with E-state index in [1.54, 1.807) is 0 Å². The lowest BCUT2D eigenvalue weighted by Crippen LogP contribution is -2.26. The predicted octanol–water partition coefficient (Wildman–Crippen LogP) is 3.90. The van der Waals surface area contributed by atoms with Crippen LogP contribution in [0, 0.1) is 5.92 Å². The molecule has 1 aliphatic carbocycles. The van der Waals surface area contributed by atoms with Crippen LogP contribution in [0.4, 0.5) is 0 Å². The van der Waals surface area contributed by atoms with Crippen molar-refractivity contribution in [3.8, 4) is 0 Å². The first-order chi connectivity index (χ1) is 11.6. The van der Waals surface area contributed by atoms with Gasteiger partial charge in [0.05, 0.1) is 11.1 Å². The molecule has 1 aromatic carbocycles. The van der Waals surface area contributed by atoms with Crippen LogP contribution in [0.15, 0.2) is 30.3 Å². The number of para-hydroxylation sites is 1. The minimum Gasteiger partial charge on any atom is -0.381 e. The van der Waals surface area contributed by atoms with Crippen molar-refractivity contribution in [1.82, 2.24) is 10.3 Å². The first-order valence-electron chi connectivity index (χ1n) is 8.91. The molecular weight excluding hydrogens is 300 g/mol. The summed E-state index contributed by atoms with van der Waals surface area (Å²) in [6, 6.07) is 9.86. The lowest BCUT2D eigenvalue weighted by Gasteiger charge is -2.11. The number of nitrogens with zero attached hydrogens (tertiary/aromatic N) is 1. The molecule has 0 aliphatic heterocycles. The molecule has 1 saturated carbocycles. The Bertz CT molecular complexity index is 708. The molecular formula is C20H26N2O2. The fourth-order valence-electron chi connectivity index (χ4n) is 2.76. The Kier molecular flexibility index (Phi) is 5.46. The fourth-order valence-corrected chi connectivity index (χ4v) is 2.76. The highest BCUT2D eigenvalue weighted by molar-refractivity contribution is 6.06.